The number of para-hydroxylation sites is 3. The highest BCUT2D eigenvalue weighted by atomic mass is 32.1. The summed E-state index contributed by atoms with van der Waals surface area (Å²) in [5.41, 5.74) is 18.6. The van der Waals surface area contributed by atoms with Crippen LogP contribution in [0.4, 0.5) is 0 Å². The summed E-state index contributed by atoms with van der Waals surface area (Å²) >= 11 is 1.86. The van der Waals surface area contributed by atoms with Crippen LogP contribution in [0.5, 0.6) is 11.5 Å². The molecular weight excluding hydrogens is 941 g/mol. The lowest BCUT2D eigenvalue weighted by Crippen LogP contribution is -1.96. The average Bonchev–Trinajstić information content (AvgIpc) is 4.21. The molecule has 0 aliphatic carbocycles. The third kappa shape index (κ3) is 7.33. The Morgan fingerprint density at radius 2 is 0.737 bits per heavy atom. The van der Waals surface area contributed by atoms with E-state index in [1.54, 1.807) is 0 Å². The lowest BCUT2D eigenvalue weighted by atomic mass is 9.91. The number of thiophene rings is 1. The van der Waals surface area contributed by atoms with Crippen LogP contribution >= 0.6 is 11.3 Å². The number of fused-ring (bicyclic) bond motifs is 9. The quantitative estimate of drug-likeness (QED) is 0.141. The van der Waals surface area contributed by atoms with Crippen molar-refractivity contribution in [1.82, 2.24) is 9.13 Å². The predicted octanol–water partition coefficient (Wildman–Crippen LogP) is 20.4. The minimum absolute atomic E-state index is 0.785. The number of hydrogen-bond acceptors (Lipinski definition) is 2. The topological polar surface area (TPSA) is 19.1 Å². The van der Waals surface area contributed by atoms with Gasteiger partial charge in [0.1, 0.15) is 11.5 Å². The summed E-state index contributed by atoms with van der Waals surface area (Å²) in [7, 11) is 0. The molecule has 0 atom stereocenters. The summed E-state index contributed by atoms with van der Waals surface area (Å²) in [5, 5.41) is 7.38. The number of benzene rings is 12. The van der Waals surface area contributed by atoms with E-state index in [2.05, 4.69) is 288 Å². The molecule has 0 aliphatic rings. The maximum atomic E-state index is 6.97. The van der Waals surface area contributed by atoms with Crippen LogP contribution < -0.4 is 4.74 Å². The van der Waals surface area contributed by atoms with Crippen LogP contribution in [0.2, 0.25) is 0 Å². The zero-order valence-corrected chi connectivity index (χ0v) is 42.1. The third-order valence-electron chi connectivity index (χ3n) is 15.2. The second kappa shape index (κ2) is 18.0. The van der Waals surface area contributed by atoms with Crippen molar-refractivity contribution in [1.29, 1.82) is 0 Å². The third-order valence-corrected chi connectivity index (χ3v) is 16.4. The van der Waals surface area contributed by atoms with Gasteiger partial charge in [-0.1, -0.05) is 200 Å². The van der Waals surface area contributed by atoms with Crippen molar-refractivity contribution in [3.63, 3.8) is 0 Å². The van der Waals surface area contributed by atoms with E-state index in [4.69, 9.17) is 4.74 Å². The van der Waals surface area contributed by atoms with Crippen molar-refractivity contribution in [2.24, 2.45) is 0 Å². The lowest BCUT2D eigenvalue weighted by molar-refractivity contribution is 0.485. The first-order valence-corrected chi connectivity index (χ1v) is 26.7. The first-order chi connectivity index (χ1) is 37.7. The second-order valence-corrected chi connectivity index (χ2v) is 20.7. The van der Waals surface area contributed by atoms with E-state index in [0.29, 0.717) is 0 Å². The Morgan fingerprint density at radius 3 is 1.49 bits per heavy atom. The molecule has 0 unspecified atom stereocenters. The molecule has 76 heavy (non-hydrogen) atoms. The van der Waals surface area contributed by atoms with Gasteiger partial charge in [-0.25, -0.2) is 0 Å². The number of ether oxygens (including phenoxy) is 1. The minimum atomic E-state index is 0.785. The molecule has 0 N–H and O–H groups in total. The molecule has 4 heteroatoms. The van der Waals surface area contributed by atoms with Gasteiger partial charge in [0.2, 0.25) is 0 Å². The molecule has 356 valence electrons. The Kier molecular flexibility index (Phi) is 10.4. The Hall–Kier alpha value is -9.74. The standard InChI is InChI=1S/C72H46N2OS/c1-2-17-48(18-3-1)55-21-4-5-23-57(55)51-20-16-19-50(43-51)47-33-35-49(36-34-47)56-22-6-7-24-58(56)61-27-10-14-31-70(61)75-54-39-42-69-65(46-54)60-26-9-13-30-67(60)73(69)52-38-41-68-64(44-52)59-25-8-12-29-66(59)74(68)53-37-40-63-62-28-11-15-32-71(62)76-72(63)45-53/h1-46H. The zero-order chi connectivity index (χ0) is 50.1. The Balaban J connectivity index is 0.758. The van der Waals surface area contributed by atoms with Gasteiger partial charge >= 0.3 is 0 Å². The second-order valence-electron chi connectivity index (χ2n) is 19.6. The monoisotopic (exact) mass is 986 g/mol. The van der Waals surface area contributed by atoms with Crippen molar-refractivity contribution >= 4 is 75.1 Å². The van der Waals surface area contributed by atoms with Crippen LogP contribution in [-0.2, 0) is 0 Å². The predicted molar refractivity (Wildman–Crippen MR) is 322 cm³/mol. The SMILES string of the molecule is c1ccc(-c2ccccc2-c2cccc(-c3ccc(-c4ccccc4-c4ccccc4Oc4ccc5c(c4)c4ccccc4n5-c4ccc5c(c4)c4ccccc4n5-c4ccc5c(c4)sc4ccccc45)cc3)c2)cc1. The lowest BCUT2D eigenvalue weighted by Gasteiger charge is -2.16. The van der Waals surface area contributed by atoms with Crippen molar-refractivity contribution in [2.75, 3.05) is 0 Å². The van der Waals surface area contributed by atoms with Crippen LogP contribution in [0.3, 0.4) is 0 Å². The summed E-state index contributed by atoms with van der Waals surface area (Å²) in [4.78, 5) is 0. The van der Waals surface area contributed by atoms with Crippen LogP contribution in [0.1, 0.15) is 0 Å². The smallest absolute Gasteiger partial charge is 0.135 e. The van der Waals surface area contributed by atoms with Crippen LogP contribution in [0.25, 0.3) is 131 Å². The molecule has 0 saturated carbocycles. The zero-order valence-electron chi connectivity index (χ0n) is 41.3. The molecule has 15 aromatic rings. The van der Waals surface area contributed by atoms with Crippen molar-refractivity contribution < 1.29 is 4.74 Å². The Morgan fingerprint density at radius 1 is 0.250 bits per heavy atom. The molecule has 0 amide bonds. The summed E-state index contributed by atoms with van der Waals surface area (Å²) in [6.45, 7) is 0. The molecule has 3 heterocycles. The normalized spacial score (nSPS) is 11.7. The van der Waals surface area contributed by atoms with E-state index in [-0.39, 0.29) is 0 Å². The average molecular weight is 987 g/mol. The van der Waals surface area contributed by atoms with Gasteiger partial charge in [-0.2, -0.15) is 0 Å². The van der Waals surface area contributed by atoms with Crippen molar-refractivity contribution in [3.8, 4) is 78.5 Å². The van der Waals surface area contributed by atoms with Crippen molar-refractivity contribution in [3.05, 3.63) is 279 Å². The highest BCUT2D eigenvalue weighted by Crippen LogP contribution is 2.44. The molecule has 3 aromatic heterocycles. The van der Waals surface area contributed by atoms with E-state index in [1.165, 1.54) is 86.4 Å². The van der Waals surface area contributed by atoms with Gasteiger partial charge in [0.15, 0.2) is 0 Å². The fraction of sp³-hybridized carbons (Fsp3) is 0. The first kappa shape index (κ1) is 43.8. The first-order valence-electron chi connectivity index (χ1n) is 25.9. The molecule has 0 fully saturated rings. The summed E-state index contributed by atoms with van der Waals surface area (Å²) in [6, 6.07) is 101. The van der Waals surface area contributed by atoms with E-state index in [0.717, 1.165) is 55.9 Å². The van der Waals surface area contributed by atoms with Gasteiger partial charge in [0.25, 0.3) is 0 Å². The molecule has 0 saturated heterocycles. The fourth-order valence-corrected chi connectivity index (χ4v) is 12.9. The van der Waals surface area contributed by atoms with Gasteiger partial charge in [-0.15, -0.1) is 11.3 Å². The minimum Gasteiger partial charge on any atom is -0.457 e. The van der Waals surface area contributed by atoms with Gasteiger partial charge in [0.05, 0.1) is 22.1 Å². The van der Waals surface area contributed by atoms with Gasteiger partial charge < -0.3 is 13.9 Å². The number of rotatable bonds is 9. The number of aromatic nitrogens is 2. The molecule has 0 bridgehead atoms. The molecule has 3 nitrogen and oxygen atoms in total. The van der Waals surface area contributed by atoms with Crippen LogP contribution in [0.15, 0.2) is 279 Å². The highest BCUT2D eigenvalue weighted by Gasteiger charge is 2.20. The van der Waals surface area contributed by atoms with Crippen LogP contribution in [-0.4, -0.2) is 9.13 Å². The van der Waals surface area contributed by atoms with E-state index in [1.807, 2.05) is 11.3 Å². The maximum Gasteiger partial charge on any atom is 0.135 e. The highest BCUT2D eigenvalue weighted by molar-refractivity contribution is 7.25. The summed E-state index contributed by atoms with van der Waals surface area (Å²) in [5.74, 6) is 1.59. The van der Waals surface area contributed by atoms with Gasteiger partial charge in [0, 0.05) is 58.7 Å². The Bertz CT molecular complexity index is 4730. The molecule has 0 aliphatic heterocycles. The number of nitrogens with zero attached hydrogens (tertiary/aromatic N) is 2. The molecular formula is C72H46N2OS. The van der Waals surface area contributed by atoms with Crippen molar-refractivity contribution in [2.45, 2.75) is 0 Å². The Labute approximate surface area is 444 Å². The largest absolute Gasteiger partial charge is 0.457 e. The van der Waals surface area contributed by atoms with Crippen LogP contribution in [0, 0.1) is 0 Å². The molecule has 12 aromatic carbocycles. The van der Waals surface area contributed by atoms with Gasteiger partial charge in [-0.05, 0) is 129 Å². The molecule has 0 spiro atoms. The number of hydrogen-bond donors (Lipinski definition) is 0. The fourth-order valence-electron chi connectivity index (χ4n) is 11.7. The van der Waals surface area contributed by atoms with E-state index >= 15 is 0 Å². The van der Waals surface area contributed by atoms with Gasteiger partial charge in [-0.3, -0.25) is 0 Å². The van der Waals surface area contributed by atoms with E-state index in [9.17, 15) is 0 Å². The maximum absolute atomic E-state index is 6.97. The summed E-state index contributed by atoms with van der Waals surface area (Å²) in [6.07, 6.45) is 0. The summed E-state index contributed by atoms with van der Waals surface area (Å²) < 4.78 is 14.4. The van der Waals surface area contributed by atoms with E-state index < -0.39 is 0 Å². The molecule has 0 radical (unpaired) electrons. The molecule has 15 rings (SSSR count).